The number of ether oxygens (including phenoxy) is 1. The van der Waals surface area contributed by atoms with E-state index in [9.17, 15) is 4.79 Å². The third-order valence-electron chi connectivity index (χ3n) is 3.58. The SMILES string of the molecule is CC(C)(C)OC(=O)N1CCc2ccc(Cn3ccnc3)cc21. The zero-order chi connectivity index (χ0) is 15.7. The fraction of sp³-hybridized carbons (Fsp3) is 0.412. The Balaban J connectivity index is 1.81. The molecule has 1 aromatic carbocycles. The van der Waals surface area contributed by atoms with Gasteiger partial charge in [0, 0.05) is 25.5 Å². The van der Waals surface area contributed by atoms with E-state index in [1.807, 2.05) is 31.5 Å². The van der Waals surface area contributed by atoms with Crippen LogP contribution in [-0.2, 0) is 17.7 Å². The summed E-state index contributed by atoms with van der Waals surface area (Å²) < 4.78 is 7.50. The maximum Gasteiger partial charge on any atom is 0.414 e. The molecule has 0 saturated heterocycles. The third-order valence-corrected chi connectivity index (χ3v) is 3.58. The van der Waals surface area contributed by atoms with Crippen LogP contribution < -0.4 is 4.90 Å². The number of hydrogen-bond donors (Lipinski definition) is 0. The minimum absolute atomic E-state index is 0.272. The van der Waals surface area contributed by atoms with Gasteiger partial charge in [-0.25, -0.2) is 9.78 Å². The third kappa shape index (κ3) is 3.13. The summed E-state index contributed by atoms with van der Waals surface area (Å²) in [5, 5.41) is 0. The van der Waals surface area contributed by atoms with Gasteiger partial charge in [-0.2, -0.15) is 0 Å². The van der Waals surface area contributed by atoms with Crippen LogP contribution in [0.15, 0.2) is 36.9 Å². The molecule has 0 fully saturated rings. The second-order valence-corrected chi connectivity index (χ2v) is 6.58. The number of carbonyl (C=O) groups excluding carboxylic acids is 1. The molecule has 22 heavy (non-hydrogen) atoms. The van der Waals surface area contributed by atoms with E-state index in [1.54, 1.807) is 17.4 Å². The molecule has 1 amide bonds. The number of fused-ring (bicyclic) bond motifs is 1. The molecule has 0 saturated carbocycles. The number of amides is 1. The summed E-state index contributed by atoms with van der Waals surface area (Å²) in [5.41, 5.74) is 2.83. The summed E-state index contributed by atoms with van der Waals surface area (Å²) in [6.45, 7) is 7.08. The average molecular weight is 299 g/mol. The minimum atomic E-state index is -0.478. The van der Waals surface area contributed by atoms with E-state index in [0.29, 0.717) is 6.54 Å². The Bertz CT molecular complexity index is 672. The zero-order valence-electron chi connectivity index (χ0n) is 13.2. The van der Waals surface area contributed by atoms with Gasteiger partial charge in [0.05, 0.1) is 12.0 Å². The van der Waals surface area contributed by atoms with Gasteiger partial charge in [-0.1, -0.05) is 12.1 Å². The lowest BCUT2D eigenvalue weighted by Crippen LogP contribution is -2.35. The first-order chi connectivity index (χ1) is 10.4. The van der Waals surface area contributed by atoms with Gasteiger partial charge in [0.25, 0.3) is 0 Å². The number of imidazole rings is 1. The number of carbonyl (C=O) groups is 1. The second kappa shape index (κ2) is 5.48. The summed E-state index contributed by atoms with van der Waals surface area (Å²) in [4.78, 5) is 18.1. The monoisotopic (exact) mass is 299 g/mol. The number of hydrogen-bond acceptors (Lipinski definition) is 3. The molecule has 0 aliphatic carbocycles. The molecule has 2 aromatic rings. The molecule has 0 bridgehead atoms. The zero-order valence-corrected chi connectivity index (χ0v) is 13.2. The van der Waals surface area contributed by atoms with Gasteiger partial charge in [-0.05, 0) is 44.4 Å². The van der Waals surface area contributed by atoms with Crippen LogP contribution in [0.2, 0.25) is 0 Å². The maximum absolute atomic E-state index is 12.3. The average Bonchev–Trinajstić information content (AvgIpc) is 3.05. The van der Waals surface area contributed by atoms with Crippen molar-refractivity contribution in [2.24, 2.45) is 0 Å². The molecule has 1 aliphatic heterocycles. The highest BCUT2D eigenvalue weighted by molar-refractivity contribution is 5.90. The lowest BCUT2D eigenvalue weighted by atomic mass is 10.1. The fourth-order valence-corrected chi connectivity index (χ4v) is 2.62. The van der Waals surface area contributed by atoms with Crippen LogP contribution in [0.4, 0.5) is 10.5 Å². The molecule has 0 atom stereocenters. The topological polar surface area (TPSA) is 47.4 Å². The molecular weight excluding hydrogens is 278 g/mol. The summed E-state index contributed by atoms with van der Waals surface area (Å²) in [6, 6.07) is 6.29. The van der Waals surface area contributed by atoms with Crippen LogP contribution in [-0.4, -0.2) is 27.8 Å². The van der Waals surface area contributed by atoms with Crippen molar-refractivity contribution in [3.8, 4) is 0 Å². The molecule has 5 nitrogen and oxygen atoms in total. The van der Waals surface area contributed by atoms with Crippen LogP contribution in [0, 0.1) is 0 Å². The van der Waals surface area contributed by atoms with Gasteiger partial charge < -0.3 is 9.30 Å². The van der Waals surface area contributed by atoms with Gasteiger partial charge in [-0.3, -0.25) is 4.90 Å². The number of anilines is 1. The summed E-state index contributed by atoms with van der Waals surface area (Å²) in [7, 11) is 0. The molecule has 0 radical (unpaired) electrons. The van der Waals surface area contributed by atoms with Crippen LogP contribution in [0.1, 0.15) is 31.9 Å². The molecular formula is C17H21N3O2. The highest BCUT2D eigenvalue weighted by Gasteiger charge is 2.28. The van der Waals surface area contributed by atoms with Crippen molar-refractivity contribution in [3.63, 3.8) is 0 Å². The Kier molecular flexibility index (Phi) is 3.64. The molecule has 2 heterocycles. The highest BCUT2D eigenvalue weighted by Crippen LogP contribution is 2.30. The van der Waals surface area contributed by atoms with Crippen LogP contribution in [0.25, 0.3) is 0 Å². The van der Waals surface area contributed by atoms with E-state index in [0.717, 1.165) is 24.2 Å². The Hall–Kier alpha value is -2.30. The van der Waals surface area contributed by atoms with E-state index >= 15 is 0 Å². The van der Waals surface area contributed by atoms with E-state index in [2.05, 4.69) is 23.2 Å². The minimum Gasteiger partial charge on any atom is -0.443 e. The number of nitrogens with zero attached hydrogens (tertiary/aromatic N) is 3. The van der Waals surface area contributed by atoms with Gasteiger partial charge in [0.1, 0.15) is 5.60 Å². The van der Waals surface area contributed by atoms with Crippen LogP contribution in [0.3, 0.4) is 0 Å². The highest BCUT2D eigenvalue weighted by atomic mass is 16.6. The lowest BCUT2D eigenvalue weighted by Gasteiger charge is -2.25. The van der Waals surface area contributed by atoms with E-state index in [4.69, 9.17) is 4.74 Å². The lowest BCUT2D eigenvalue weighted by molar-refractivity contribution is 0.0584. The van der Waals surface area contributed by atoms with Gasteiger partial charge in [0.2, 0.25) is 0 Å². The predicted molar refractivity (Wildman–Crippen MR) is 85.1 cm³/mol. The smallest absolute Gasteiger partial charge is 0.414 e. The first kappa shape index (κ1) is 14.6. The fourth-order valence-electron chi connectivity index (χ4n) is 2.62. The second-order valence-electron chi connectivity index (χ2n) is 6.58. The van der Waals surface area contributed by atoms with Crippen molar-refractivity contribution in [3.05, 3.63) is 48.0 Å². The van der Waals surface area contributed by atoms with Crippen molar-refractivity contribution >= 4 is 11.8 Å². The molecule has 3 rings (SSSR count). The summed E-state index contributed by atoms with van der Waals surface area (Å²) in [6.07, 6.45) is 6.09. The van der Waals surface area contributed by atoms with Crippen LogP contribution >= 0.6 is 0 Å². The van der Waals surface area contributed by atoms with Crippen LogP contribution in [0.5, 0.6) is 0 Å². The van der Waals surface area contributed by atoms with Gasteiger partial charge >= 0.3 is 6.09 Å². The van der Waals surface area contributed by atoms with Crippen molar-refractivity contribution in [2.75, 3.05) is 11.4 Å². The maximum atomic E-state index is 12.3. The number of rotatable bonds is 2. The summed E-state index contributed by atoms with van der Waals surface area (Å²) >= 11 is 0. The molecule has 5 heteroatoms. The molecule has 1 aromatic heterocycles. The van der Waals surface area contributed by atoms with E-state index < -0.39 is 5.60 Å². The Morgan fingerprint density at radius 1 is 1.36 bits per heavy atom. The molecule has 0 N–H and O–H groups in total. The molecule has 0 unspecified atom stereocenters. The summed E-state index contributed by atoms with van der Waals surface area (Å²) in [5.74, 6) is 0. The standard InChI is InChI=1S/C17H21N3O2/c1-17(2,3)22-16(21)20-8-6-14-5-4-13(10-15(14)20)11-19-9-7-18-12-19/h4-5,7,9-10,12H,6,8,11H2,1-3H3. The largest absolute Gasteiger partial charge is 0.443 e. The Morgan fingerprint density at radius 2 is 2.18 bits per heavy atom. The normalized spacial score (nSPS) is 14.0. The van der Waals surface area contributed by atoms with Gasteiger partial charge in [0.15, 0.2) is 0 Å². The first-order valence-corrected chi connectivity index (χ1v) is 7.50. The van der Waals surface area contributed by atoms with Crippen molar-refractivity contribution < 1.29 is 9.53 Å². The number of aromatic nitrogens is 2. The van der Waals surface area contributed by atoms with Crippen molar-refractivity contribution in [2.45, 2.75) is 39.3 Å². The van der Waals surface area contributed by atoms with E-state index in [1.165, 1.54) is 5.56 Å². The Labute approximate surface area is 130 Å². The predicted octanol–water partition coefficient (Wildman–Crippen LogP) is 3.23. The van der Waals surface area contributed by atoms with E-state index in [-0.39, 0.29) is 6.09 Å². The molecule has 0 spiro atoms. The van der Waals surface area contributed by atoms with Crippen molar-refractivity contribution in [1.82, 2.24) is 9.55 Å². The number of benzene rings is 1. The Morgan fingerprint density at radius 3 is 2.86 bits per heavy atom. The van der Waals surface area contributed by atoms with Crippen molar-refractivity contribution in [1.29, 1.82) is 0 Å². The first-order valence-electron chi connectivity index (χ1n) is 7.50. The van der Waals surface area contributed by atoms with Gasteiger partial charge in [-0.15, -0.1) is 0 Å². The molecule has 116 valence electrons. The molecule has 1 aliphatic rings. The quantitative estimate of drug-likeness (QED) is 0.855.